The van der Waals surface area contributed by atoms with Gasteiger partial charge in [-0.25, -0.2) is 0 Å². The third kappa shape index (κ3) is 4.43. The van der Waals surface area contributed by atoms with E-state index in [4.69, 9.17) is 23.8 Å². The van der Waals surface area contributed by atoms with Gasteiger partial charge >= 0.3 is 0 Å². The summed E-state index contributed by atoms with van der Waals surface area (Å²) >= 11 is 13.1. The van der Waals surface area contributed by atoms with E-state index in [2.05, 4.69) is 37.4 Å². The molecule has 0 aliphatic rings. The zero-order valence-corrected chi connectivity index (χ0v) is 18.2. The third-order valence-electron chi connectivity index (χ3n) is 4.46. The molecule has 2 heterocycles. The van der Waals surface area contributed by atoms with Crippen LogP contribution in [-0.2, 0) is 12.8 Å². The molecule has 0 aliphatic carbocycles. The molecule has 6 heteroatoms. The molecular formula is C22H22ClN2OS2+. The number of nitrogens with zero attached hydrogens (tertiary/aromatic N) is 1. The van der Waals surface area contributed by atoms with E-state index in [1.807, 2.05) is 35.2 Å². The molecule has 2 N–H and O–H groups in total. The molecule has 3 rings (SSSR count). The lowest BCUT2D eigenvalue weighted by molar-refractivity contribution is -0.575. The van der Waals surface area contributed by atoms with Gasteiger partial charge in [0.15, 0.2) is 17.4 Å². The van der Waals surface area contributed by atoms with Gasteiger partial charge in [-0.3, -0.25) is 0 Å². The van der Waals surface area contributed by atoms with Crippen LogP contribution < -0.4 is 9.88 Å². The molecule has 0 unspecified atom stereocenters. The second kappa shape index (κ2) is 9.32. The Kier molecular flexibility index (Phi) is 6.83. The minimum atomic E-state index is 0.0950. The minimum Gasteiger partial charge on any atom is -0.501 e. The van der Waals surface area contributed by atoms with E-state index in [1.165, 1.54) is 22.5 Å². The van der Waals surface area contributed by atoms with E-state index in [0.29, 0.717) is 19.9 Å². The smallest absolute Gasteiger partial charge is 0.289 e. The number of aromatic nitrogens is 1. The number of anilines is 1. The lowest BCUT2D eigenvalue weighted by atomic mass is 10.0. The van der Waals surface area contributed by atoms with E-state index >= 15 is 0 Å². The van der Waals surface area contributed by atoms with Crippen molar-refractivity contribution >= 4 is 57.3 Å². The van der Waals surface area contributed by atoms with Gasteiger partial charge in [0.2, 0.25) is 5.76 Å². The molecule has 144 valence electrons. The van der Waals surface area contributed by atoms with Crippen molar-refractivity contribution in [3.63, 3.8) is 0 Å². The summed E-state index contributed by atoms with van der Waals surface area (Å²) in [6, 6.07) is 15.5. The second-order valence-corrected chi connectivity index (χ2v) is 8.32. The number of thiocarbonyl (C=S) groups is 1. The summed E-state index contributed by atoms with van der Waals surface area (Å²) in [6.45, 7) is 4.24. The Morgan fingerprint density at radius 2 is 1.68 bits per heavy atom. The van der Waals surface area contributed by atoms with Crippen molar-refractivity contribution in [3.8, 4) is 0 Å². The van der Waals surface area contributed by atoms with E-state index in [9.17, 15) is 5.11 Å². The molecule has 1 aromatic carbocycles. The van der Waals surface area contributed by atoms with Gasteiger partial charge in [0.05, 0.1) is 9.21 Å². The van der Waals surface area contributed by atoms with E-state index < -0.39 is 0 Å². The van der Waals surface area contributed by atoms with Crippen molar-refractivity contribution in [2.24, 2.45) is 0 Å². The molecule has 0 aliphatic heterocycles. The highest BCUT2D eigenvalue weighted by molar-refractivity contribution is 7.81. The van der Waals surface area contributed by atoms with E-state index in [0.717, 1.165) is 18.5 Å². The molecule has 3 nitrogen and oxygen atoms in total. The summed E-state index contributed by atoms with van der Waals surface area (Å²) in [4.78, 5) is 1.12. The fourth-order valence-electron chi connectivity index (χ4n) is 3.03. The van der Waals surface area contributed by atoms with Gasteiger partial charge in [0, 0.05) is 17.8 Å². The molecule has 0 amide bonds. The van der Waals surface area contributed by atoms with Crippen LogP contribution in [0.2, 0.25) is 4.34 Å². The van der Waals surface area contributed by atoms with Crippen LogP contribution in [-0.4, -0.2) is 10.1 Å². The van der Waals surface area contributed by atoms with Crippen LogP contribution in [0.3, 0.4) is 0 Å². The van der Waals surface area contributed by atoms with Gasteiger partial charge in [-0.2, -0.15) is 4.57 Å². The van der Waals surface area contributed by atoms with Gasteiger partial charge < -0.3 is 10.4 Å². The molecule has 0 spiro atoms. The number of aliphatic hydroxyl groups is 1. The first-order valence-corrected chi connectivity index (χ1v) is 10.7. The SMILES string of the molecule is CCc1cccc(CC)c1NC(=S)/C(=C(/O)c1ccc(Cl)s1)[n+]1ccccc1. The lowest BCUT2D eigenvalue weighted by Gasteiger charge is -2.16. The predicted octanol–water partition coefficient (Wildman–Crippen LogP) is 6.14. The summed E-state index contributed by atoms with van der Waals surface area (Å²) in [6.07, 6.45) is 5.51. The Hall–Kier alpha value is -2.21. The largest absolute Gasteiger partial charge is 0.501 e. The molecule has 0 saturated heterocycles. The summed E-state index contributed by atoms with van der Waals surface area (Å²) in [7, 11) is 0. The lowest BCUT2D eigenvalue weighted by Crippen LogP contribution is -2.38. The van der Waals surface area contributed by atoms with Crippen molar-refractivity contribution in [1.82, 2.24) is 0 Å². The van der Waals surface area contributed by atoms with Gasteiger partial charge in [-0.15, -0.1) is 11.3 Å². The maximum absolute atomic E-state index is 11.0. The Bertz CT molecular complexity index is 990. The fourth-order valence-corrected chi connectivity index (χ4v) is 4.32. The van der Waals surface area contributed by atoms with Crippen molar-refractivity contribution in [1.29, 1.82) is 0 Å². The van der Waals surface area contributed by atoms with Crippen LogP contribution in [0.1, 0.15) is 29.9 Å². The minimum absolute atomic E-state index is 0.0950. The highest BCUT2D eigenvalue weighted by Gasteiger charge is 2.25. The molecule has 0 bridgehead atoms. The van der Waals surface area contributed by atoms with Gasteiger partial charge in [0.1, 0.15) is 0 Å². The number of halogens is 1. The Morgan fingerprint density at radius 1 is 1.04 bits per heavy atom. The van der Waals surface area contributed by atoms with Crippen molar-refractivity contribution in [3.05, 3.63) is 81.3 Å². The summed E-state index contributed by atoms with van der Waals surface area (Å²) in [5, 5.41) is 14.4. The number of rotatable bonds is 6. The first-order valence-electron chi connectivity index (χ1n) is 9.12. The van der Waals surface area contributed by atoms with Crippen LogP contribution in [0.15, 0.2) is 60.9 Å². The molecule has 2 aromatic heterocycles. The number of aryl methyl sites for hydroxylation is 2. The molecular weight excluding hydrogens is 408 g/mol. The number of hydrogen-bond donors (Lipinski definition) is 2. The quantitative estimate of drug-likeness (QED) is 0.214. The monoisotopic (exact) mass is 429 g/mol. The topological polar surface area (TPSA) is 36.1 Å². The zero-order valence-electron chi connectivity index (χ0n) is 15.8. The Balaban J connectivity index is 2.09. The Morgan fingerprint density at radius 3 is 2.21 bits per heavy atom. The van der Waals surface area contributed by atoms with Crippen molar-refractivity contribution < 1.29 is 9.67 Å². The Labute approximate surface area is 179 Å². The fraction of sp³-hybridized carbons (Fsp3) is 0.182. The summed E-state index contributed by atoms with van der Waals surface area (Å²) in [5.41, 5.74) is 3.92. The maximum Gasteiger partial charge on any atom is 0.289 e. The summed E-state index contributed by atoms with van der Waals surface area (Å²) < 4.78 is 2.43. The second-order valence-electron chi connectivity index (χ2n) is 6.20. The van der Waals surface area contributed by atoms with E-state index in [1.54, 1.807) is 12.1 Å². The number of nitrogens with one attached hydrogen (secondary N) is 1. The van der Waals surface area contributed by atoms with Gasteiger partial charge in [-0.05, 0) is 36.1 Å². The standard InChI is InChI=1S/C22H21ClN2OS2/c1-3-15-9-8-10-16(4-2)19(15)24-22(27)20(25-13-6-5-7-14-25)21(26)17-11-12-18(23)28-17/h5-14H,3-4H2,1-2H3,(H-,24,26,27)/p+1. The average Bonchev–Trinajstić information content (AvgIpc) is 3.15. The van der Waals surface area contributed by atoms with Crippen LogP contribution in [0.5, 0.6) is 0 Å². The molecule has 0 fully saturated rings. The highest BCUT2D eigenvalue weighted by Crippen LogP contribution is 2.30. The number of thiophene rings is 1. The van der Waals surface area contributed by atoms with Crippen molar-refractivity contribution in [2.75, 3.05) is 5.32 Å². The normalized spacial score (nSPS) is 11.8. The molecule has 28 heavy (non-hydrogen) atoms. The summed E-state index contributed by atoms with van der Waals surface area (Å²) in [5.74, 6) is 0.0950. The predicted molar refractivity (Wildman–Crippen MR) is 123 cm³/mol. The van der Waals surface area contributed by atoms with Gasteiger partial charge in [0.25, 0.3) is 5.70 Å². The number of aliphatic hydroxyl groups excluding tert-OH is 1. The van der Waals surface area contributed by atoms with Gasteiger partial charge in [-0.1, -0.05) is 61.9 Å². The highest BCUT2D eigenvalue weighted by atomic mass is 35.5. The van der Waals surface area contributed by atoms with Crippen LogP contribution in [0, 0.1) is 0 Å². The number of benzene rings is 1. The first-order chi connectivity index (χ1) is 13.5. The van der Waals surface area contributed by atoms with Crippen molar-refractivity contribution in [2.45, 2.75) is 26.7 Å². The van der Waals surface area contributed by atoms with E-state index in [-0.39, 0.29) is 5.76 Å². The zero-order chi connectivity index (χ0) is 20.1. The number of pyridine rings is 1. The molecule has 0 radical (unpaired) electrons. The van der Waals surface area contributed by atoms with Crippen LogP contribution in [0.4, 0.5) is 5.69 Å². The average molecular weight is 430 g/mol. The third-order valence-corrected chi connectivity index (χ3v) is 5.99. The number of para-hydroxylation sites is 1. The molecule has 0 atom stereocenters. The first kappa shape index (κ1) is 20.5. The maximum atomic E-state index is 11.0. The molecule has 3 aromatic rings. The van der Waals surface area contributed by atoms with Crippen LogP contribution in [0.25, 0.3) is 11.5 Å². The number of hydrogen-bond acceptors (Lipinski definition) is 3. The molecule has 0 saturated carbocycles. The van der Waals surface area contributed by atoms with Crippen LogP contribution >= 0.6 is 35.2 Å².